The fourth-order valence-corrected chi connectivity index (χ4v) is 4.01. The van der Waals surface area contributed by atoms with E-state index in [9.17, 15) is 4.79 Å². The van der Waals surface area contributed by atoms with Crippen LogP contribution in [0.5, 0.6) is 17.2 Å². The highest BCUT2D eigenvalue weighted by Crippen LogP contribution is 2.42. The summed E-state index contributed by atoms with van der Waals surface area (Å²) < 4.78 is 15.8. The highest BCUT2D eigenvalue weighted by atomic mass is 16.5. The molecule has 4 rings (SSSR count). The zero-order valence-electron chi connectivity index (χ0n) is 14.5. The van der Waals surface area contributed by atoms with Gasteiger partial charge < -0.3 is 14.2 Å². The van der Waals surface area contributed by atoms with Crippen LogP contribution in [0.15, 0.2) is 30.3 Å². The molecular formula is C20H21NO4. The van der Waals surface area contributed by atoms with Crippen LogP contribution in [0.4, 0.5) is 0 Å². The summed E-state index contributed by atoms with van der Waals surface area (Å²) in [7, 11) is 3.30. The lowest BCUT2D eigenvalue weighted by Crippen LogP contribution is -2.39. The topological polar surface area (TPSA) is 48.0 Å². The van der Waals surface area contributed by atoms with Gasteiger partial charge >= 0.3 is 0 Å². The third-order valence-corrected chi connectivity index (χ3v) is 5.27. The summed E-state index contributed by atoms with van der Waals surface area (Å²) >= 11 is 0. The number of carbonyl (C=O) groups is 1. The highest BCUT2D eigenvalue weighted by Gasteiger charge is 2.32. The molecule has 2 aliphatic heterocycles. The third-order valence-electron chi connectivity index (χ3n) is 5.27. The van der Waals surface area contributed by atoms with E-state index in [0.29, 0.717) is 24.0 Å². The van der Waals surface area contributed by atoms with Crippen LogP contribution in [-0.2, 0) is 24.2 Å². The summed E-state index contributed by atoms with van der Waals surface area (Å²) in [5.41, 5.74) is 5.18. The maximum absolute atomic E-state index is 10.8. The number of methoxy groups -OCH3 is 2. The molecule has 0 amide bonds. The molecule has 2 aromatic rings. The molecule has 25 heavy (non-hydrogen) atoms. The Kier molecular flexibility index (Phi) is 4.09. The van der Waals surface area contributed by atoms with Gasteiger partial charge in [-0.3, -0.25) is 9.69 Å². The van der Waals surface area contributed by atoms with E-state index in [-0.39, 0.29) is 0 Å². The van der Waals surface area contributed by atoms with Crippen LogP contribution in [0, 0.1) is 0 Å². The van der Waals surface area contributed by atoms with E-state index in [1.165, 1.54) is 22.3 Å². The summed E-state index contributed by atoms with van der Waals surface area (Å²) in [6.07, 6.45) is 1.93. The maximum atomic E-state index is 10.8. The van der Waals surface area contributed by atoms with E-state index in [0.717, 1.165) is 31.7 Å². The molecule has 2 aromatic carbocycles. The van der Waals surface area contributed by atoms with Crippen LogP contribution in [0.25, 0.3) is 0 Å². The Hall–Kier alpha value is -2.53. The van der Waals surface area contributed by atoms with Crippen molar-refractivity contribution in [3.63, 3.8) is 0 Å². The van der Waals surface area contributed by atoms with Crippen molar-refractivity contribution in [1.82, 2.24) is 4.90 Å². The zero-order chi connectivity index (χ0) is 17.4. The van der Waals surface area contributed by atoms with E-state index >= 15 is 0 Å². The Morgan fingerprint density at radius 2 is 1.88 bits per heavy atom. The largest absolute Gasteiger partial charge is 0.497 e. The molecule has 0 N–H and O–H groups in total. The van der Waals surface area contributed by atoms with Gasteiger partial charge in [0.15, 0.2) is 11.5 Å². The number of fused-ring (bicyclic) bond motifs is 4. The first kappa shape index (κ1) is 16.0. The third kappa shape index (κ3) is 2.74. The molecule has 0 fully saturated rings. The number of benzene rings is 2. The summed E-state index contributed by atoms with van der Waals surface area (Å²) in [6.45, 7) is 2.35. The number of carbonyl (C=O) groups excluding carboxylic acids is 1. The molecule has 0 bridgehead atoms. The first-order chi connectivity index (χ1) is 12.2. The second kappa shape index (κ2) is 6.41. The van der Waals surface area contributed by atoms with E-state index in [1.54, 1.807) is 14.2 Å². The number of ether oxygens (including phenoxy) is 3. The lowest BCUT2D eigenvalue weighted by molar-refractivity contribution is -0.120. The van der Waals surface area contributed by atoms with Gasteiger partial charge in [-0.2, -0.15) is 0 Å². The van der Waals surface area contributed by atoms with E-state index < -0.39 is 0 Å². The lowest BCUT2D eigenvalue weighted by Gasteiger charge is -2.41. The average molecular weight is 339 g/mol. The van der Waals surface area contributed by atoms with Crippen molar-refractivity contribution in [2.24, 2.45) is 0 Å². The Balaban J connectivity index is 1.71. The molecule has 0 aliphatic carbocycles. The summed E-state index contributed by atoms with van der Waals surface area (Å²) in [5.74, 6) is 2.00. The first-order valence-electron chi connectivity index (χ1n) is 8.44. The molecule has 1 unspecified atom stereocenters. The molecule has 0 saturated carbocycles. The van der Waals surface area contributed by atoms with E-state index in [2.05, 4.69) is 17.0 Å². The SMILES string of the molecule is COc1ccc2c(c1)CCN1Cc3cc(OC)c(OC=O)cc3CC21. The quantitative estimate of drug-likeness (QED) is 0.802. The predicted molar refractivity (Wildman–Crippen MR) is 93.2 cm³/mol. The molecule has 0 spiro atoms. The smallest absolute Gasteiger partial charge is 0.298 e. The van der Waals surface area contributed by atoms with Gasteiger partial charge in [0.2, 0.25) is 0 Å². The van der Waals surface area contributed by atoms with Crippen molar-refractivity contribution < 1.29 is 19.0 Å². The van der Waals surface area contributed by atoms with Gasteiger partial charge in [0.05, 0.1) is 14.2 Å². The fraction of sp³-hybridized carbons (Fsp3) is 0.350. The maximum Gasteiger partial charge on any atom is 0.298 e. The highest BCUT2D eigenvalue weighted by molar-refractivity contribution is 5.55. The molecule has 130 valence electrons. The molecule has 2 aliphatic rings. The minimum absolute atomic E-state index is 0.347. The number of nitrogens with zero attached hydrogens (tertiary/aromatic N) is 1. The van der Waals surface area contributed by atoms with Gasteiger partial charge in [0, 0.05) is 19.1 Å². The van der Waals surface area contributed by atoms with Crippen molar-refractivity contribution >= 4 is 6.47 Å². The van der Waals surface area contributed by atoms with Crippen molar-refractivity contribution in [2.75, 3.05) is 20.8 Å². The average Bonchev–Trinajstić information content (AvgIpc) is 2.65. The Bertz CT molecular complexity index is 818. The van der Waals surface area contributed by atoms with Gasteiger partial charge in [0.1, 0.15) is 5.75 Å². The monoisotopic (exact) mass is 339 g/mol. The molecule has 0 aromatic heterocycles. The molecule has 0 saturated heterocycles. The standard InChI is InChI=1S/C20H21NO4/c1-23-16-3-4-17-13(7-16)5-6-21-11-15-10-19(24-2)20(25-12-22)9-14(15)8-18(17)21/h3-4,7,9-10,12,18H,5-6,8,11H2,1-2H3. The molecule has 5 heteroatoms. The Labute approximate surface area is 147 Å². The van der Waals surface area contributed by atoms with E-state index in [4.69, 9.17) is 14.2 Å². The van der Waals surface area contributed by atoms with Crippen LogP contribution >= 0.6 is 0 Å². The minimum Gasteiger partial charge on any atom is -0.497 e. The number of rotatable bonds is 4. The van der Waals surface area contributed by atoms with Crippen LogP contribution in [-0.4, -0.2) is 32.1 Å². The summed E-state index contributed by atoms with van der Waals surface area (Å²) in [6, 6.07) is 10.7. The van der Waals surface area contributed by atoms with Gasteiger partial charge in [-0.05, 0) is 59.4 Å². The molecule has 1 atom stereocenters. The van der Waals surface area contributed by atoms with Crippen LogP contribution in [0.3, 0.4) is 0 Å². The zero-order valence-corrected chi connectivity index (χ0v) is 14.5. The Morgan fingerprint density at radius 3 is 2.64 bits per heavy atom. The fourth-order valence-electron chi connectivity index (χ4n) is 4.01. The van der Waals surface area contributed by atoms with Crippen LogP contribution in [0.1, 0.15) is 28.3 Å². The second-order valence-electron chi connectivity index (χ2n) is 6.49. The van der Waals surface area contributed by atoms with Crippen molar-refractivity contribution in [2.45, 2.75) is 25.4 Å². The summed E-state index contributed by atoms with van der Waals surface area (Å²) in [5, 5.41) is 0. The first-order valence-corrected chi connectivity index (χ1v) is 8.44. The number of hydrogen-bond donors (Lipinski definition) is 0. The predicted octanol–water partition coefficient (Wildman–Crippen LogP) is 2.89. The van der Waals surface area contributed by atoms with E-state index in [1.807, 2.05) is 18.2 Å². The second-order valence-corrected chi connectivity index (χ2v) is 6.49. The molecule has 2 heterocycles. The van der Waals surface area contributed by atoms with Crippen LogP contribution < -0.4 is 14.2 Å². The van der Waals surface area contributed by atoms with Gasteiger partial charge in [-0.15, -0.1) is 0 Å². The molecule has 0 radical (unpaired) electrons. The van der Waals surface area contributed by atoms with Crippen molar-refractivity contribution in [3.05, 3.63) is 52.6 Å². The normalized spacial score (nSPS) is 18.6. The van der Waals surface area contributed by atoms with Gasteiger partial charge in [0.25, 0.3) is 6.47 Å². The Morgan fingerprint density at radius 1 is 1.04 bits per heavy atom. The van der Waals surface area contributed by atoms with Gasteiger partial charge in [-0.25, -0.2) is 0 Å². The lowest BCUT2D eigenvalue weighted by atomic mass is 9.84. The minimum atomic E-state index is 0.347. The molecular weight excluding hydrogens is 318 g/mol. The van der Waals surface area contributed by atoms with Crippen molar-refractivity contribution in [3.8, 4) is 17.2 Å². The van der Waals surface area contributed by atoms with Crippen LogP contribution in [0.2, 0.25) is 0 Å². The van der Waals surface area contributed by atoms with Crippen molar-refractivity contribution in [1.29, 1.82) is 0 Å². The molecule has 5 nitrogen and oxygen atoms in total. The van der Waals surface area contributed by atoms with Gasteiger partial charge in [-0.1, -0.05) is 6.07 Å². The number of hydrogen-bond acceptors (Lipinski definition) is 5. The summed E-state index contributed by atoms with van der Waals surface area (Å²) in [4.78, 5) is 13.3.